The Bertz CT molecular complexity index is 639. The number of pyridine rings is 1. The van der Waals surface area contributed by atoms with Crippen LogP contribution in [0.2, 0.25) is 0 Å². The van der Waals surface area contributed by atoms with Crippen molar-refractivity contribution in [2.75, 3.05) is 11.9 Å². The zero-order valence-corrected chi connectivity index (χ0v) is 11.5. The van der Waals surface area contributed by atoms with Crippen molar-refractivity contribution in [1.82, 2.24) is 4.98 Å². The van der Waals surface area contributed by atoms with Crippen LogP contribution in [0.3, 0.4) is 0 Å². The van der Waals surface area contributed by atoms with Crippen LogP contribution in [-0.4, -0.2) is 22.6 Å². The number of aliphatic hydroxyl groups excluding tert-OH is 1. The van der Waals surface area contributed by atoms with Crippen molar-refractivity contribution < 1.29 is 14.3 Å². The first-order valence-corrected chi connectivity index (χ1v) is 6.66. The lowest BCUT2D eigenvalue weighted by molar-refractivity contribution is -0.116. The molecule has 0 aliphatic heterocycles. The van der Waals surface area contributed by atoms with Gasteiger partial charge in [0, 0.05) is 31.0 Å². The van der Waals surface area contributed by atoms with Crippen molar-refractivity contribution in [3.8, 4) is 11.8 Å². The maximum absolute atomic E-state index is 11.8. The fourth-order valence-corrected chi connectivity index (χ4v) is 1.69. The minimum atomic E-state index is -0.126. The molecule has 1 amide bonds. The Morgan fingerprint density at radius 3 is 3.10 bits per heavy atom. The number of aliphatic hydroxyl groups is 1. The summed E-state index contributed by atoms with van der Waals surface area (Å²) in [6.45, 7) is 0.0362. The summed E-state index contributed by atoms with van der Waals surface area (Å²) in [5, 5.41) is 11.4. The van der Waals surface area contributed by atoms with Crippen molar-refractivity contribution in [2.45, 2.75) is 19.3 Å². The van der Waals surface area contributed by atoms with Gasteiger partial charge in [-0.05, 0) is 24.3 Å². The van der Waals surface area contributed by atoms with Crippen LogP contribution in [0, 0.1) is 11.8 Å². The molecule has 0 radical (unpaired) electrons. The molecule has 0 saturated heterocycles. The van der Waals surface area contributed by atoms with E-state index in [0.29, 0.717) is 25.1 Å². The molecule has 0 bridgehead atoms. The molecule has 2 rings (SSSR count). The lowest BCUT2D eigenvalue weighted by Crippen LogP contribution is -2.13. The van der Waals surface area contributed by atoms with Crippen LogP contribution in [0.1, 0.15) is 24.2 Å². The van der Waals surface area contributed by atoms with E-state index in [1.165, 1.54) is 0 Å². The van der Waals surface area contributed by atoms with Crippen LogP contribution in [0.15, 0.2) is 41.1 Å². The standard InChI is InChI=1S/C16H16N2O3/c19-10-2-1-4-13-8-9-17-15(12-13)18-16(20)7-6-14-5-3-11-21-14/h3,5,8-9,11-12,19H,2,6-7,10H2,(H,17,18,20). The van der Waals surface area contributed by atoms with E-state index in [1.807, 2.05) is 6.07 Å². The van der Waals surface area contributed by atoms with Gasteiger partial charge in [0.25, 0.3) is 0 Å². The van der Waals surface area contributed by atoms with Gasteiger partial charge in [0.15, 0.2) is 0 Å². The predicted molar refractivity (Wildman–Crippen MR) is 78.5 cm³/mol. The quantitative estimate of drug-likeness (QED) is 0.823. The fourth-order valence-electron chi connectivity index (χ4n) is 1.69. The third kappa shape index (κ3) is 5.13. The van der Waals surface area contributed by atoms with Crippen LogP contribution < -0.4 is 5.32 Å². The van der Waals surface area contributed by atoms with Crippen molar-refractivity contribution in [2.24, 2.45) is 0 Å². The number of nitrogens with one attached hydrogen (secondary N) is 1. The lowest BCUT2D eigenvalue weighted by atomic mass is 10.2. The molecule has 2 aromatic rings. The summed E-state index contributed by atoms with van der Waals surface area (Å²) in [5.74, 6) is 6.84. The Morgan fingerprint density at radius 1 is 1.43 bits per heavy atom. The summed E-state index contributed by atoms with van der Waals surface area (Å²) >= 11 is 0. The number of aromatic nitrogens is 1. The molecule has 0 unspecified atom stereocenters. The number of hydrogen-bond donors (Lipinski definition) is 2. The Morgan fingerprint density at radius 2 is 2.33 bits per heavy atom. The number of furan rings is 1. The van der Waals surface area contributed by atoms with Gasteiger partial charge in [-0.25, -0.2) is 4.98 Å². The van der Waals surface area contributed by atoms with E-state index in [9.17, 15) is 4.79 Å². The molecule has 0 atom stereocenters. The van der Waals surface area contributed by atoms with Gasteiger partial charge in [0.05, 0.1) is 12.9 Å². The van der Waals surface area contributed by atoms with Crippen molar-refractivity contribution in [1.29, 1.82) is 0 Å². The first kappa shape index (κ1) is 14.8. The first-order valence-electron chi connectivity index (χ1n) is 6.66. The van der Waals surface area contributed by atoms with E-state index >= 15 is 0 Å². The zero-order valence-electron chi connectivity index (χ0n) is 11.5. The second kappa shape index (κ2) is 7.88. The molecular weight excluding hydrogens is 268 g/mol. The molecule has 108 valence electrons. The van der Waals surface area contributed by atoms with Crippen LogP contribution >= 0.6 is 0 Å². The first-order chi connectivity index (χ1) is 10.3. The topological polar surface area (TPSA) is 75.4 Å². The van der Waals surface area contributed by atoms with Gasteiger partial charge in [0.1, 0.15) is 11.6 Å². The van der Waals surface area contributed by atoms with E-state index in [0.717, 1.165) is 11.3 Å². The van der Waals surface area contributed by atoms with Gasteiger partial charge in [0.2, 0.25) is 5.91 Å². The molecule has 21 heavy (non-hydrogen) atoms. The summed E-state index contributed by atoms with van der Waals surface area (Å²) < 4.78 is 5.17. The van der Waals surface area contributed by atoms with Gasteiger partial charge in [-0.3, -0.25) is 4.79 Å². The van der Waals surface area contributed by atoms with Crippen LogP contribution in [0.4, 0.5) is 5.82 Å². The number of amides is 1. The smallest absolute Gasteiger partial charge is 0.225 e. The summed E-state index contributed by atoms with van der Waals surface area (Å²) in [6.07, 6.45) is 4.48. The van der Waals surface area contributed by atoms with Gasteiger partial charge >= 0.3 is 0 Å². The number of hydrogen-bond acceptors (Lipinski definition) is 4. The molecule has 5 heteroatoms. The lowest BCUT2D eigenvalue weighted by Gasteiger charge is -2.03. The molecule has 0 fully saturated rings. The molecule has 2 aromatic heterocycles. The maximum Gasteiger partial charge on any atom is 0.225 e. The highest BCUT2D eigenvalue weighted by atomic mass is 16.3. The molecular formula is C16H16N2O3. The SMILES string of the molecule is O=C(CCc1ccco1)Nc1cc(C#CCCO)ccn1. The van der Waals surface area contributed by atoms with Gasteiger partial charge in [-0.15, -0.1) is 0 Å². The Hall–Kier alpha value is -2.58. The third-order valence-corrected chi connectivity index (χ3v) is 2.68. The van der Waals surface area contributed by atoms with Gasteiger partial charge < -0.3 is 14.8 Å². The Labute approximate surface area is 123 Å². The van der Waals surface area contributed by atoms with Crippen molar-refractivity contribution in [3.63, 3.8) is 0 Å². The van der Waals surface area contributed by atoms with Gasteiger partial charge in [-0.2, -0.15) is 0 Å². The van der Waals surface area contributed by atoms with Gasteiger partial charge in [-0.1, -0.05) is 11.8 Å². The molecule has 2 heterocycles. The number of rotatable bonds is 5. The molecule has 0 aliphatic carbocycles. The number of carbonyl (C=O) groups is 1. The van der Waals surface area contributed by atoms with E-state index in [4.69, 9.17) is 9.52 Å². The Balaban J connectivity index is 1.88. The summed E-state index contributed by atoms with van der Waals surface area (Å²) in [7, 11) is 0. The average molecular weight is 284 g/mol. The number of aryl methyl sites for hydroxylation is 1. The minimum Gasteiger partial charge on any atom is -0.469 e. The van der Waals surface area contributed by atoms with Crippen molar-refractivity contribution >= 4 is 11.7 Å². The van der Waals surface area contributed by atoms with E-state index in [-0.39, 0.29) is 12.5 Å². The second-order valence-electron chi connectivity index (χ2n) is 4.33. The van der Waals surface area contributed by atoms with E-state index in [1.54, 1.807) is 30.7 Å². The van der Waals surface area contributed by atoms with E-state index < -0.39 is 0 Å². The normalized spacial score (nSPS) is 9.76. The summed E-state index contributed by atoms with van der Waals surface area (Å²) in [6, 6.07) is 7.09. The molecule has 5 nitrogen and oxygen atoms in total. The number of anilines is 1. The monoisotopic (exact) mass is 284 g/mol. The molecule has 2 N–H and O–H groups in total. The minimum absolute atomic E-state index is 0.0362. The maximum atomic E-state index is 11.8. The molecule has 0 saturated carbocycles. The summed E-state index contributed by atoms with van der Waals surface area (Å²) in [4.78, 5) is 15.9. The van der Waals surface area contributed by atoms with Crippen LogP contribution in [0.5, 0.6) is 0 Å². The molecule has 0 aromatic carbocycles. The predicted octanol–water partition coefficient (Wildman–Crippen LogP) is 1.98. The average Bonchev–Trinajstić information content (AvgIpc) is 2.99. The number of nitrogens with zero attached hydrogens (tertiary/aromatic N) is 1. The summed E-state index contributed by atoms with van der Waals surface area (Å²) in [5.41, 5.74) is 0.750. The molecule has 0 aliphatic rings. The second-order valence-corrected chi connectivity index (χ2v) is 4.33. The van der Waals surface area contributed by atoms with Crippen LogP contribution in [-0.2, 0) is 11.2 Å². The third-order valence-electron chi connectivity index (χ3n) is 2.68. The largest absolute Gasteiger partial charge is 0.469 e. The highest BCUT2D eigenvalue weighted by molar-refractivity contribution is 5.89. The molecule has 0 spiro atoms. The highest BCUT2D eigenvalue weighted by Crippen LogP contribution is 2.08. The van der Waals surface area contributed by atoms with E-state index in [2.05, 4.69) is 22.1 Å². The Kier molecular flexibility index (Phi) is 5.56. The highest BCUT2D eigenvalue weighted by Gasteiger charge is 2.05. The zero-order chi connectivity index (χ0) is 14.9. The number of carbonyl (C=O) groups excluding carboxylic acids is 1. The fraction of sp³-hybridized carbons (Fsp3) is 0.250. The van der Waals surface area contributed by atoms with Crippen LogP contribution in [0.25, 0.3) is 0 Å². The van der Waals surface area contributed by atoms with Crippen molar-refractivity contribution in [3.05, 3.63) is 48.0 Å².